The molecule has 0 amide bonds. The number of carbonyl (C=O) groups excluding carboxylic acids is 1. The van der Waals surface area contributed by atoms with Crippen molar-refractivity contribution in [1.82, 2.24) is 0 Å². The van der Waals surface area contributed by atoms with Gasteiger partial charge in [0, 0.05) is 19.2 Å². The Labute approximate surface area is 237 Å². The molecule has 1 heterocycles. The van der Waals surface area contributed by atoms with E-state index in [4.69, 9.17) is 14.2 Å². The SMILES string of the molecule is COC(=O)C(CCCCCCCCC[Si](C)(C)C)C(O)CCc1ccc(C2(c3ccccc3)OCCO2)cc1. The topological polar surface area (TPSA) is 65.0 Å². The summed E-state index contributed by atoms with van der Waals surface area (Å²) in [5, 5.41) is 10.9. The van der Waals surface area contributed by atoms with Crippen LogP contribution in [0.4, 0.5) is 0 Å². The van der Waals surface area contributed by atoms with Gasteiger partial charge in [0.2, 0.25) is 5.79 Å². The van der Waals surface area contributed by atoms with Gasteiger partial charge in [-0.1, -0.05) is 125 Å². The van der Waals surface area contributed by atoms with E-state index in [0.29, 0.717) is 32.5 Å². The van der Waals surface area contributed by atoms with Gasteiger partial charge in [-0.05, 0) is 24.8 Å². The molecule has 2 unspecified atom stereocenters. The van der Waals surface area contributed by atoms with Crippen LogP contribution in [-0.4, -0.2) is 45.6 Å². The van der Waals surface area contributed by atoms with Crippen LogP contribution in [0.1, 0.15) is 74.5 Å². The summed E-state index contributed by atoms with van der Waals surface area (Å²) in [6.45, 7) is 8.43. The van der Waals surface area contributed by atoms with Crippen molar-refractivity contribution in [2.45, 2.75) is 102 Å². The van der Waals surface area contributed by atoms with Crippen molar-refractivity contribution in [1.29, 1.82) is 0 Å². The van der Waals surface area contributed by atoms with Crippen molar-refractivity contribution in [3.8, 4) is 0 Å². The van der Waals surface area contributed by atoms with Gasteiger partial charge in [0.25, 0.3) is 0 Å². The van der Waals surface area contributed by atoms with Gasteiger partial charge in [-0.15, -0.1) is 0 Å². The summed E-state index contributed by atoms with van der Waals surface area (Å²) in [5.74, 6) is -1.64. The fourth-order valence-electron chi connectivity index (χ4n) is 5.50. The molecule has 2 aromatic rings. The maximum absolute atomic E-state index is 12.4. The Bertz CT molecular complexity index is 964. The Balaban J connectivity index is 1.44. The summed E-state index contributed by atoms with van der Waals surface area (Å²) in [5.41, 5.74) is 3.05. The lowest BCUT2D eigenvalue weighted by atomic mass is 9.90. The third-order valence-corrected chi connectivity index (χ3v) is 9.67. The van der Waals surface area contributed by atoms with Gasteiger partial charge in [-0.3, -0.25) is 4.79 Å². The van der Waals surface area contributed by atoms with Gasteiger partial charge in [0.1, 0.15) is 0 Å². The highest BCUT2D eigenvalue weighted by molar-refractivity contribution is 6.76. The number of benzene rings is 2. The van der Waals surface area contributed by atoms with Gasteiger partial charge in [-0.2, -0.15) is 0 Å². The molecule has 0 radical (unpaired) electrons. The standard InChI is InChI=1S/C33H50O5Si/c1-36-32(35)30(17-13-8-6-5-7-9-14-26-39(2,3)4)31(34)23-20-27-18-21-29(22-19-27)33(37-24-25-38-33)28-15-11-10-12-16-28/h10-12,15-16,18-19,21-22,30-31,34H,5-9,13-14,17,20,23-26H2,1-4H3. The molecule has 216 valence electrons. The molecule has 0 aliphatic carbocycles. The normalized spacial score (nSPS) is 16.6. The molecule has 0 spiro atoms. The van der Waals surface area contributed by atoms with E-state index >= 15 is 0 Å². The first-order valence-electron chi connectivity index (χ1n) is 14.9. The molecule has 1 saturated heterocycles. The van der Waals surface area contributed by atoms with E-state index in [2.05, 4.69) is 31.8 Å². The van der Waals surface area contributed by atoms with Crippen LogP contribution < -0.4 is 0 Å². The molecule has 2 atom stereocenters. The number of methoxy groups -OCH3 is 1. The average molecular weight is 555 g/mol. The lowest BCUT2D eigenvalue weighted by Gasteiger charge is -2.28. The zero-order valence-electron chi connectivity index (χ0n) is 24.6. The van der Waals surface area contributed by atoms with Crippen molar-refractivity contribution in [2.75, 3.05) is 20.3 Å². The number of aliphatic hydroxyl groups excluding tert-OH is 1. The second-order valence-corrected chi connectivity index (χ2v) is 17.8. The number of ether oxygens (including phenoxy) is 3. The minimum atomic E-state index is -0.907. The maximum Gasteiger partial charge on any atom is 0.311 e. The quantitative estimate of drug-likeness (QED) is 0.125. The van der Waals surface area contributed by atoms with Crippen LogP contribution in [0.25, 0.3) is 0 Å². The van der Waals surface area contributed by atoms with E-state index in [1.165, 1.54) is 45.3 Å². The highest BCUT2D eigenvalue weighted by Crippen LogP contribution is 2.38. The first-order valence-corrected chi connectivity index (χ1v) is 18.6. The molecule has 2 aromatic carbocycles. The monoisotopic (exact) mass is 554 g/mol. The fourth-order valence-corrected chi connectivity index (χ4v) is 6.81. The van der Waals surface area contributed by atoms with E-state index in [9.17, 15) is 9.90 Å². The van der Waals surface area contributed by atoms with Crippen LogP contribution in [0, 0.1) is 5.92 Å². The van der Waals surface area contributed by atoms with Gasteiger partial charge < -0.3 is 19.3 Å². The van der Waals surface area contributed by atoms with E-state index in [1.807, 2.05) is 42.5 Å². The summed E-state index contributed by atoms with van der Waals surface area (Å²) in [6, 6.07) is 19.7. The van der Waals surface area contributed by atoms with E-state index in [0.717, 1.165) is 29.5 Å². The molecule has 5 nitrogen and oxygen atoms in total. The number of unbranched alkanes of at least 4 members (excludes halogenated alkanes) is 6. The number of esters is 1. The van der Waals surface area contributed by atoms with Crippen LogP contribution >= 0.6 is 0 Å². The van der Waals surface area contributed by atoms with Crippen molar-refractivity contribution < 1.29 is 24.1 Å². The van der Waals surface area contributed by atoms with E-state index in [-0.39, 0.29) is 5.97 Å². The molecule has 1 N–H and O–H groups in total. The molecule has 0 saturated carbocycles. The van der Waals surface area contributed by atoms with Gasteiger partial charge in [-0.25, -0.2) is 0 Å². The second kappa shape index (κ2) is 15.7. The number of aryl methyl sites for hydroxylation is 1. The minimum Gasteiger partial charge on any atom is -0.469 e. The molecule has 39 heavy (non-hydrogen) atoms. The number of hydrogen-bond donors (Lipinski definition) is 1. The number of hydrogen-bond acceptors (Lipinski definition) is 5. The van der Waals surface area contributed by atoms with Crippen LogP contribution in [0.15, 0.2) is 54.6 Å². The summed E-state index contributed by atoms with van der Waals surface area (Å²) < 4.78 is 17.2. The van der Waals surface area contributed by atoms with E-state index < -0.39 is 25.9 Å². The number of aliphatic hydroxyl groups is 1. The Hall–Kier alpha value is -1.99. The number of rotatable bonds is 17. The van der Waals surface area contributed by atoms with Crippen LogP contribution in [0.2, 0.25) is 25.7 Å². The Morgan fingerprint density at radius 3 is 2.00 bits per heavy atom. The zero-order valence-corrected chi connectivity index (χ0v) is 25.6. The molecule has 1 fully saturated rings. The summed E-state index contributed by atoms with van der Waals surface area (Å²) in [7, 11) is 0.507. The van der Waals surface area contributed by atoms with Gasteiger partial charge in [0.15, 0.2) is 0 Å². The summed E-state index contributed by atoms with van der Waals surface area (Å²) >= 11 is 0. The molecule has 0 bridgehead atoms. The van der Waals surface area contributed by atoms with E-state index in [1.54, 1.807) is 0 Å². The lowest BCUT2D eigenvalue weighted by molar-refractivity contribution is -0.150. The highest BCUT2D eigenvalue weighted by atomic mass is 28.3. The minimum absolute atomic E-state index is 0.301. The smallest absolute Gasteiger partial charge is 0.311 e. The maximum atomic E-state index is 12.4. The lowest BCUT2D eigenvalue weighted by Crippen LogP contribution is -2.30. The largest absolute Gasteiger partial charge is 0.469 e. The Kier molecular flexibility index (Phi) is 12.7. The third-order valence-electron chi connectivity index (χ3n) is 7.82. The number of carbonyl (C=O) groups is 1. The predicted molar refractivity (Wildman–Crippen MR) is 160 cm³/mol. The van der Waals surface area contributed by atoms with Crippen LogP contribution in [-0.2, 0) is 31.2 Å². The molecule has 1 aliphatic rings. The fraction of sp³-hybridized carbons (Fsp3) is 0.606. The molecular formula is C33H50O5Si. The van der Waals surface area contributed by atoms with Crippen molar-refractivity contribution in [2.24, 2.45) is 5.92 Å². The first kappa shape index (κ1) is 31.5. The predicted octanol–water partition coefficient (Wildman–Crippen LogP) is 7.48. The second-order valence-electron chi connectivity index (χ2n) is 12.2. The molecule has 3 rings (SSSR count). The summed E-state index contributed by atoms with van der Waals surface area (Å²) in [4.78, 5) is 12.4. The molecular weight excluding hydrogens is 504 g/mol. The van der Waals surface area contributed by atoms with Gasteiger partial charge in [0.05, 0.1) is 32.3 Å². The molecule has 0 aromatic heterocycles. The van der Waals surface area contributed by atoms with Crippen LogP contribution in [0.3, 0.4) is 0 Å². The Morgan fingerprint density at radius 2 is 1.41 bits per heavy atom. The zero-order chi connectivity index (χ0) is 28.1. The van der Waals surface area contributed by atoms with Crippen LogP contribution in [0.5, 0.6) is 0 Å². The molecule has 6 heteroatoms. The first-order chi connectivity index (χ1) is 18.7. The van der Waals surface area contributed by atoms with Crippen molar-refractivity contribution in [3.05, 3.63) is 71.3 Å². The Morgan fingerprint density at radius 1 is 0.846 bits per heavy atom. The summed E-state index contributed by atoms with van der Waals surface area (Å²) in [6.07, 6.45) is 9.68. The third kappa shape index (κ3) is 9.85. The van der Waals surface area contributed by atoms with Crippen molar-refractivity contribution in [3.63, 3.8) is 0 Å². The highest BCUT2D eigenvalue weighted by Gasteiger charge is 2.40. The average Bonchev–Trinajstić information content (AvgIpc) is 3.44. The van der Waals surface area contributed by atoms with Gasteiger partial charge >= 0.3 is 5.97 Å². The van der Waals surface area contributed by atoms with Crippen molar-refractivity contribution >= 4 is 14.0 Å². The molecule has 1 aliphatic heterocycles.